The number of nitrogens with two attached hydrogens (primary N) is 1. The minimum absolute atomic E-state index is 0.0595. The van der Waals surface area contributed by atoms with Crippen molar-refractivity contribution < 1.29 is 23.2 Å². The van der Waals surface area contributed by atoms with Gasteiger partial charge in [0.15, 0.2) is 14.6 Å². The highest BCUT2D eigenvalue weighted by atomic mass is 32.2. The predicted molar refractivity (Wildman–Crippen MR) is 152 cm³/mol. The molecule has 0 unspecified atom stereocenters. The Morgan fingerprint density at radius 2 is 1.87 bits per heavy atom. The van der Waals surface area contributed by atoms with E-state index in [2.05, 4.69) is 41.0 Å². The Kier molecular flexibility index (Phi) is 9.87. The maximum Gasteiger partial charge on any atom is 0.265 e. The molecular weight excluding hydrogens is 516 g/mol. The van der Waals surface area contributed by atoms with E-state index in [4.69, 9.17) is 10.5 Å². The highest BCUT2D eigenvalue weighted by molar-refractivity contribution is 7.93. The third kappa shape index (κ3) is 6.74. The van der Waals surface area contributed by atoms with Crippen molar-refractivity contribution in [2.45, 2.75) is 67.6 Å². The molecule has 4 N–H and O–H groups in total. The van der Waals surface area contributed by atoms with Gasteiger partial charge in [0.2, 0.25) is 0 Å². The zero-order valence-corrected chi connectivity index (χ0v) is 23.7. The summed E-state index contributed by atoms with van der Waals surface area (Å²) in [5, 5.41) is 9.38. The van der Waals surface area contributed by atoms with Crippen molar-refractivity contribution in [3.05, 3.63) is 54.1 Å². The first-order valence-corrected chi connectivity index (χ1v) is 15.5. The van der Waals surface area contributed by atoms with E-state index in [9.17, 15) is 18.4 Å². The summed E-state index contributed by atoms with van der Waals surface area (Å²) in [6.07, 6.45) is 5.27. The first kappa shape index (κ1) is 29.3. The number of rotatable bonds is 14. The lowest BCUT2D eigenvalue weighted by molar-refractivity contribution is -0.133. The van der Waals surface area contributed by atoms with E-state index in [1.165, 1.54) is 23.4 Å². The first-order chi connectivity index (χ1) is 18.8. The molecule has 1 aliphatic heterocycles. The molecule has 2 aromatic carbocycles. The van der Waals surface area contributed by atoms with Gasteiger partial charge in [-0.1, -0.05) is 19.1 Å². The van der Waals surface area contributed by atoms with E-state index in [1.807, 2.05) is 0 Å². The predicted octanol–water partition coefficient (Wildman–Crippen LogP) is 3.15. The number of nitrogens with zero attached hydrogens (tertiary/aromatic N) is 2. The lowest BCUT2D eigenvalue weighted by Crippen LogP contribution is -2.58. The number of carbonyl (C=O) groups is 1. The number of piperidine rings is 1. The van der Waals surface area contributed by atoms with Crippen LogP contribution >= 0.6 is 0 Å². The van der Waals surface area contributed by atoms with Gasteiger partial charge < -0.3 is 20.3 Å². The number of amides is 1. The number of ether oxygens (including phenoxy) is 1. The van der Waals surface area contributed by atoms with Gasteiger partial charge in [-0.3, -0.25) is 10.0 Å². The Labute approximate surface area is 232 Å². The maximum atomic E-state index is 13.6. The Morgan fingerprint density at radius 3 is 2.49 bits per heavy atom. The minimum Gasteiger partial charge on any atom is -0.494 e. The maximum absolute atomic E-state index is 13.6. The van der Waals surface area contributed by atoms with Crippen molar-refractivity contribution >= 4 is 21.4 Å². The summed E-state index contributed by atoms with van der Waals surface area (Å²) in [5.74, 6) is -0.285. The topological polar surface area (TPSA) is 125 Å². The summed E-state index contributed by atoms with van der Waals surface area (Å²) in [5.41, 5.74) is 9.82. The molecule has 2 aliphatic rings. The van der Waals surface area contributed by atoms with E-state index in [-0.39, 0.29) is 17.7 Å². The zero-order chi connectivity index (χ0) is 27.9. The van der Waals surface area contributed by atoms with Crippen LogP contribution in [0.1, 0.15) is 51.0 Å². The molecule has 10 heteroatoms. The van der Waals surface area contributed by atoms with Gasteiger partial charge in [-0.15, -0.1) is 0 Å². The summed E-state index contributed by atoms with van der Waals surface area (Å²) in [7, 11) is -4.03. The molecule has 9 nitrogen and oxygen atoms in total. The molecule has 1 amide bonds. The normalized spacial score (nSPS) is 17.5. The number of hydroxylamine groups is 1. The molecule has 0 bridgehead atoms. The van der Waals surface area contributed by atoms with Gasteiger partial charge in [0.1, 0.15) is 5.75 Å². The fraction of sp³-hybridized carbons (Fsp3) is 0.552. The summed E-state index contributed by atoms with van der Waals surface area (Å²) in [6.45, 7) is 6.11. The van der Waals surface area contributed by atoms with Gasteiger partial charge in [-0.05, 0) is 86.9 Å². The number of anilines is 1. The fourth-order valence-corrected chi connectivity index (χ4v) is 7.48. The Balaban J connectivity index is 1.34. The number of likely N-dealkylation sites (tertiary alicyclic amines) is 1. The Hall–Kier alpha value is -2.66. The molecule has 1 saturated carbocycles. The molecule has 2 fully saturated rings. The second-order valence-corrected chi connectivity index (χ2v) is 12.8. The molecule has 39 heavy (non-hydrogen) atoms. The molecule has 1 saturated heterocycles. The average molecular weight is 559 g/mol. The molecule has 0 atom stereocenters. The van der Waals surface area contributed by atoms with Crippen LogP contribution in [0, 0.1) is 0 Å². The SMILES string of the molecule is CCCN(CCN)c1cccc(CCCOc2ccc(S(=O)(=O)C3(C(=O)NO)CCN(C4CC4)CC3)cc2)c1. The lowest BCUT2D eigenvalue weighted by Gasteiger charge is -2.39. The number of aryl methyl sites for hydroxylation is 1. The second kappa shape index (κ2) is 13.1. The van der Waals surface area contributed by atoms with Crippen LogP contribution in [0.25, 0.3) is 0 Å². The molecule has 0 spiro atoms. The smallest absolute Gasteiger partial charge is 0.265 e. The van der Waals surface area contributed by atoms with Gasteiger partial charge in [-0.2, -0.15) is 0 Å². The van der Waals surface area contributed by atoms with Crippen molar-refractivity contribution in [1.82, 2.24) is 10.4 Å². The van der Waals surface area contributed by atoms with E-state index >= 15 is 0 Å². The number of carbonyl (C=O) groups excluding carboxylic acids is 1. The Morgan fingerprint density at radius 1 is 1.15 bits per heavy atom. The summed E-state index contributed by atoms with van der Waals surface area (Å²) in [4.78, 5) is 17.3. The highest BCUT2D eigenvalue weighted by Crippen LogP contribution is 2.39. The van der Waals surface area contributed by atoms with Gasteiger partial charge in [-0.25, -0.2) is 13.9 Å². The first-order valence-electron chi connectivity index (χ1n) is 14.0. The number of sulfone groups is 1. The molecule has 0 aromatic heterocycles. The third-order valence-electron chi connectivity index (χ3n) is 7.88. The van der Waals surface area contributed by atoms with Crippen LogP contribution in [0.15, 0.2) is 53.4 Å². The van der Waals surface area contributed by atoms with E-state index in [1.54, 1.807) is 17.6 Å². The van der Waals surface area contributed by atoms with Crippen LogP contribution in [0.5, 0.6) is 5.75 Å². The standard InChI is InChI=1S/C29H42N4O5S/c1-2-17-32(20-16-30)25-7-3-5-23(22-25)6-4-21-38-26-10-12-27(13-11-26)39(36,37)29(28(34)31-35)14-18-33(19-15-29)24-8-9-24/h3,5,7,10-13,22,24,35H,2,4,6,8-9,14-21,30H2,1H3,(H,31,34). The van der Waals surface area contributed by atoms with Crippen LogP contribution in [-0.2, 0) is 21.1 Å². The molecule has 0 radical (unpaired) electrons. The van der Waals surface area contributed by atoms with E-state index in [0.717, 1.165) is 45.2 Å². The minimum atomic E-state index is -4.03. The van der Waals surface area contributed by atoms with Crippen LogP contribution in [-0.4, -0.2) is 74.6 Å². The van der Waals surface area contributed by atoms with Crippen LogP contribution < -0.4 is 20.9 Å². The third-order valence-corrected chi connectivity index (χ3v) is 10.4. The summed E-state index contributed by atoms with van der Waals surface area (Å²) in [6, 6.07) is 15.3. The summed E-state index contributed by atoms with van der Waals surface area (Å²) >= 11 is 0. The van der Waals surface area contributed by atoms with Crippen molar-refractivity contribution in [3.8, 4) is 5.75 Å². The van der Waals surface area contributed by atoms with Gasteiger partial charge in [0.25, 0.3) is 5.91 Å². The molecule has 2 aromatic rings. The number of hydrogen-bond donors (Lipinski definition) is 3. The van der Waals surface area contributed by atoms with E-state index in [0.29, 0.717) is 38.0 Å². The molecular formula is C29H42N4O5S. The zero-order valence-electron chi connectivity index (χ0n) is 22.8. The number of hydrogen-bond acceptors (Lipinski definition) is 8. The van der Waals surface area contributed by atoms with Crippen molar-refractivity contribution in [2.24, 2.45) is 5.73 Å². The quantitative estimate of drug-likeness (QED) is 0.184. The number of nitrogens with one attached hydrogen (secondary N) is 1. The monoisotopic (exact) mass is 558 g/mol. The van der Waals surface area contributed by atoms with Gasteiger partial charge in [0, 0.05) is 44.5 Å². The molecule has 1 aliphatic carbocycles. The van der Waals surface area contributed by atoms with Crippen LogP contribution in [0.4, 0.5) is 5.69 Å². The number of benzene rings is 2. The second-order valence-electron chi connectivity index (χ2n) is 10.6. The average Bonchev–Trinajstić information content (AvgIpc) is 3.81. The van der Waals surface area contributed by atoms with Crippen molar-refractivity contribution in [2.75, 3.05) is 44.2 Å². The van der Waals surface area contributed by atoms with Crippen molar-refractivity contribution in [3.63, 3.8) is 0 Å². The summed E-state index contributed by atoms with van der Waals surface area (Å²) < 4.78 is 31.5. The van der Waals surface area contributed by atoms with Crippen LogP contribution in [0.2, 0.25) is 0 Å². The van der Waals surface area contributed by atoms with Crippen molar-refractivity contribution in [1.29, 1.82) is 0 Å². The molecule has 4 rings (SSSR count). The lowest BCUT2D eigenvalue weighted by atomic mass is 9.94. The van der Waals surface area contributed by atoms with Crippen LogP contribution in [0.3, 0.4) is 0 Å². The largest absolute Gasteiger partial charge is 0.494 e. The highest BCUT2D eigenvalue weighted by Gasteiger charge is 2.54. The van der Waals surface area contributed by atoms with Gasteiger partial charge in [0.05, 0.1) is 11.5 Å². The molecule has 1 heterocycles. The van der Waals surface area contributed by atoms with Gasteiger partial charge >= 0.3 is 0 Å². The molecule has 214 valence electrons. The fourth-order valence-electron chi connectivity index (χ4n) is 5.52. The Bertz CT molecular complexity index is 1190. The van der Waals surface area contributed by atoms with E-state index < -0.39 is 20.5 Å².